The van der Waals surface area contributed by atoms with Crippen molar-refractivity contribution in [3.8, 4) is 5.75 Å². The van der Waals surface area contributed by atoms with E-state index in [4.69, 9.17) is 9.15 Å². The fourth-order valence-electron chi connectivity index (χ4n) is 2.81. The molecule has 0 aliphatic carbocycles. The molecule has 7 heteroatoms. The predicted molar refractivity (Wildman–Crippen MR) is 87.3 cm³/mol. The molecule has 2 aromatic rings. The summed E-state index contributed by atoms with van der Waals surface area (Å²) < 4.78 is 37.5. The molecule has 1 saturated heterocycles. The van der Waals surface area contributed by atoms with Crippen LogP contribution in [0, 0.1) is 0 Å². The van der Waals surface area contributed by atoms with E-state index >= 15 is 0 Å². The van der Waals surface area contributed by atoms with Gasteiger partial charge >= 0.3 is 0 Å². The van der Waals surface area contributed by atoms with E-state index in [1.54, 1.807) is 13.2 Å². The van der Waals surface area contributed by atoms with Gasteiger partial charge in [0, 0.05) is 30.9 Å². The Morgan fingerprint density at radius 1 is 1.30 bits per heavy atom. The minimum atomic E-state index is -3.60. The quantitative estimate of drug-likeness (QED) is 0.906. The number of hydrogen-bond donors (Lipinski definition) is 1. The number of benzene rings is 1. The van der Waals surface area contributed by atoms with Crippen LogP contribution in [0.15, 0.2) is 52.2 Å². The number of sulfonamides is 1. The van der Waals surface area contributed by atoms with Crippen LogP contribution in [0.5, 0.6) is 5.75 Å². The Morgan fingerprint density at radius 3 is 2.91 bits per heavy atom. The largest absolute Gasteiger partial charge is 0.497 e. The van der Waals surface area contributed by atoms with E-state index in [9.17, 15) is 8.42 Å². The third-order valence-electron chi connectivity index (χ3n) is 3.92. The van der Waals surface area contributed by atoms with Crippen LogP contribution in [0.2, 0.25) is 0 Å². The Bertz CT molecular complexity index is 743. The summed E-state index contributed by atoms with van der Waals surface area (Å²) >= 11 is 0. The van der Waals surface area contributed by atoms with Crippen LogP contribution in [-0.4, -0.2) is 34.7 Å². The minimum absolute atomic E-state index is 0.0454. The zero-order valence-electron chi connectivity index (χ0n) is 12.9. The highest BCUT2D eigenvalue weighted by Crippen LogP contribution is 2.24. The summed E-state index contributed by atoms with van der Waals surface area (Å²) in [6, 6.07) is 10.7. The van der Waals surface area contributed by atoms with E-state index < -0.39 is 10.0 Å². The lowest BCUT2D eigenvalue weighted by Gasteiger charge is -2.34. The summed E-state index contributed by atoms with van der Waals surface area (Å²) in [4.78, 5) is 2.17. The van der Waals surface area contributed by atoms with Crippen LogP contribution in [0.3, 0.4) is 0 Å². The van der Waals surface area contributed by atoms with Gasteiger partial charge in [0.1, 0.15) is 5.75 Å². The van der Waals surface area contributed by atoms with Gasteiger partial charge in [-0.2, -0.15) is 0 Å². The number of anilines is 1. The highest BCUT2D eigenvalue weighted by molar-refractivity contribution is 7.89. The van der Waals surface area contributed by atoms with Gasteiger partial charge in [-0.1, -0.05) is 6.07 Å². The van der Waals surface area contributed by atoms with Gasteiger partial charge < -0.3 is 14.1 Å². The van der Waals surface area contributed by atoms with E-state index in [1.807, 2.05) is 24.3 Å². The second kappa shape index (κ2) is 6.64. The first-order valence-corrected chi connectivity index (χ1v) is 9.01. The zero-order chi connectivity index (χ0) is 16.3. The number of methoxy groups -OCH3 is 1. The fraction of sp³-hybridized carbons (Fsp3) is 0.375. The molecule has 2 heterocycles. The van der Waals surface area contributed by atoms with E-state index in [0.29, 0.717) is 6.54 Å². The first-order chi connectivity index (χ1) is 11.1. The molecule has 1 aromatic carbocycles. The Kier molecular flexibility index (Phi) is 4.58. The van der Waals surface area contributed by atoms with Crippen LogP contribution < -0.4 is 14.4 Å². The summed E-state index contributed by atoms with van der Waals surface area (Å²) in [7, 11) is -1.97. The molecule has 3 rings (SSSR count). The average Bonchev–Trinajstić information content (AvgIpc) is 3.10. The van der Waals surface area contributed by atoms with Crippen molar-refractivity contribution in [2.45, 2.75) is 24.0 Å². The molecule has 1 atom stereocenters. The molecule has 0 amide bonds. The Labute approximate surface area is 136 Å². The lowest BCUT2D eigenvalue weighted by molar-refractivity contribution is 0.413. The van der Waals surface area contributed by atoms with Crippen molar-refractivity contribution in [1.82, 2.24) is 4.72 Å². The number of rotatable bonds is 5. The maximum atomic E-state index is 12.3. The Balaban J connectivity index is 1.71. The van der Waals surface area contributed by atoms with Crippen LogP contribution in [0.4, 0.5) is 5.69 Å². The van der Waals surface area contributed by atoms with Crippen LogP contribution in [-0.2, 0) is 10.0 Å². The second-order valence-electron chi connectivity index (χ2n) is 5.54. The number of nitrogens with zero attached hydrogens (tertiary/aromatic N) is 1. The van der Waals surface area contributed by atoms with Crippen LogP contribution >= 0.6 is 0 Å². The molecule has 124 valence electrons. The molecular weight excluding hydrogens is 316 g/mol. The Hall–Kier alpha value is -1.99. The topological polar surface area (TPSA) is 71.8 Å². The van der Waals surface area contributed by atoms with E-state index in [2.05, 4.69) is 9.62 Å². The Morgan fingerprint density at radius 2 is 2.17 bits per heavy atom. The molecule has 6 nitrogen and oxygen atoms in total. The van der Waals surface area contributed by atoms with Crippen molar-refractivity contribution in [2.75, 3.05) is 25.1 Å². The third-order valence-corrected chi connectivity index (χ3v) is 5.33. The molecule has 0 spiro atoms. The molecule has 0 radical (unpaired) electrons. The van der Waals surface area contributed by atoms with Gasteiger partial charge in [-0.3, -0.25) is 0 Å². The smallest absolute Gasteiger partial charge is 0.274 e. The molecule has 1 aromatic heterocycles. The van der Waals surface area contributed by atoms with Gasteiger partial charge in [0.05, 0.1) is 13.4 Å². The van der Waals surface area contributed by atoms with Crippen molar-refractivity contribution in [3.63, 3.8) is 0 Å². The van der Waals surface area contributed by atoms with Gasteiger partial charge in [-0.25, -0.2) is 13.1 Å². The van der Waals surface area contributed by atoms with Gasteiger partial charge in [0.15, 0.2) is 0 Å². The standard InChI is InChI=1S/C16H20N2O4S/c1-21-15-7-2-6-14(11-15)18-9-3-5-13(12-18)17-23(19,20)16-8-4-10-22-16/h2,4,6-8,10-11,13,17H,3,5,9,12H2,1H3. The average molecular weight is 336 g/mol. The van der Waals surface area contributed by atoms with E-state index in [0.717, 1.165) is 30.8 Å². The molecule has 1 aliphatic heterocycles. The van der Waals surface area contributed by atoms with Crippen molar-refractivity contribution < 1.29 is 17.6 Å². The van der Waals surface area contributed by atoms with Gasteiger partial charge in [-0.05, 0) is 37.1 Å². The maximum Gasteiger partial charge on any atom is 0.274 e. The molecule has 1 unspecified atom stereocenters. The van der Waals surface area contributed by atoms with Gasteiger partial charge in [-0.15, -0.1) is 0 Å². The summed E-state index contributed by atoms with van der Waals surface area (Å²) in [5.41, 5.74) is 1.03. The summed E-state index contributed by atoms with van der Waals surface area (Å²) in [6.07, 6.45) is 3.08. The molecular formula is C16H20N2O4S. The SMILES string of the molecule is COc1cccc(N2CCCC(NS(=O)(=O)c3ccco3)C2)c1. The van der Waals surface area contributed by atoms with Crippen molar-refractivity contribution in [3.05, 3.63) is 42.7 Å². The van der Waals surface area contributed by atoms with Crippen molar-refractivity contribution in [2.24, 2.45) is 0 Å². The lowest BCUT2D eigenvalue weighted by atomic mass is 10.1. The molecule has 23 heavy (non-hydrogen) atoms. The minimum Gasteiger partial charge on any atom is -0.497 e. The fourth-order valence-corrected chi connectivity index (χ4v) is 4.00. The number of ether oxygens (including phenoxy) is 1. The monoisotopic (exact) mass is 336 g/mol. The van der Waals surface area contributed by atoms with Crippen molar-refractivity contribution in [1.29, 1.82) is 0 Å². The number of furan rings is 1. The van der Waals surface area contributed by atoms with Crippen molar-refractivity contribution >= 4 is 15.7 Å². The van der Waals surface area contributed by atoms with Crippen LogP contribution in [0.1, 0.15) is 12.8 Å². The van der Waals surface area contributed by atoms with Gasteiger partial charge in [0.2, 0.25) is 5.09 Å². The van der Waals surface area contributed by atoms with E-state index in [-0.39, 0.29) is 11.1 Å². The van der Waals surface area contributed by atoms with Gasteiger partial charge in [0.25, 0.3) is 10.0 Å². The van der Waals surface area contributed by atoms with E-state index in [1.165, 1.54) is 12.3 Å². The number of piperidine rings is 1. The number of hydrogen-bond acceptors (Lipinski definition) is 5. The predicted octanol–water partition coefficient (Wildman–Crippen LogP) is 2.24. The lowest BCUT2D eigenvalue weighted by Crippen LogP contribution is -2.47. The summed E-state index contributed by atoms with van der Waals surface area (Å²) in [5, 5.41) is -0.0454. The maximum absolute atomic E-state index is 12.3. The van der Waals surface area contributed by atoms with Crippen LogP contribution in [0.25, 0.3) is 0 Å². The zero-order valence-corrected chi connectivity index (χ0v) is 13.8. The molecule has 1 fully saturated rings. The number of nitrogens with one attached hydrogen (secondary N) is 1. The molecule has 0 bridgehead atoms. The highest BCUT2D eigenvalue weighted by Gasteiger charge is 2.26. The highest BCUT2D eigenvalue weighted by atomic mass is 32.2. The molecule has 1 N–H and O–H groups in total. The molecule has 0 saturated carbocycles. The summed E-state index contributed by atoms with van der Waals surface area (Å²) in [6.45, 7) is 1.51. The molecule has 1 aliphatic rings. The first-order valence-electron chi connectivity index (χ1n) is 7.53. The first kappa shape index (κ1) is 15.9. The second-order valence-corrected chi connectivity index (χ2v) is 7.18. The summed E-state index contributed by atoms with van der Waals surface area (Å²) in [5.74, 6) is 0.792. The normalized spacial score (nSPS) is 18.8. The third kappa shape index (κ3) is 3.68.